The Hall–Kier alpha value is -2.21. The first-order chi connectivity index (χ1) is 8.56. The van der Waals surface area contributed by atoms with Crippen LogP contribution in [0.3, 0.4) is 0 Å². The van der Waals surface area contributed by atoms with Crippen molar-refractivity contribution in [3.63, 3.8) is 0 Å². The molecule has 0 radical (unpaired) electrons. The van der Waals surface area contributed by atoms with Gasteiger partial charge in [0.2, 0.25) is 0 Å². The lowest BCUT2D eigenvalue weighted by molar-refractivity contribution is 0.0690. The molecule has 2 rings (SSSR count). The molecule has 1 aromatic carbocycles. The van der Waals surface area contributed by atoms with Crippen LogP contribution in [0.4, 0.5) is 15.9 Å². The molecule has 92 valence electrons. The molecule has 0 spiro atoms. The van der Waals surface area contributed by atoms with Crippen molar-refractivity contribution >= 4 is 29.1 Å². The molecule has 18 heavy (non-hydrogen) atoms. The number of rotatable bonds is 3. The van der Waals surface area contributed by atoms with Gasteiger partial charge in [-0.05, 0) is 18.2 Å². The van der Waals surface area contributed by atoms with E-state index in [-0.39, 0.29) is 10.7 Å². The topological polar surface area (TPSA) is 75.1 Å². The molecule has 0 aliphatic heterocycles. The maximum Gasteiger partial charge on any atom is 0.356 e. The van der Waals surface area contributed by atoms with E-state index < -0.39 is 11.8 Å². The summed E-state index contributed by atoms with van der Waals surface area (Å²) in [5, 5.41) is 11.4. The highest BCUT2D eigenvalue weighted by Crippen LogP contribution is 2.20. The van der Waals surface area contributed by atoms with E-state index >= 15 is 0 Å². The van der Waals surface area contributed by atoms with Gasteiger partial charge in [-0.2, -0.15) is 0 Å². The second-order valence-electron chi connectivity index (χ2n) is 3.35. The number of carboxylic acid groups (broad SMARTS) is 1. The number of nitrogens with one attached hydrogen (secondary N) is 1. The number of carboxylic acids is 1. The van der Waals surface area contributed by atoms with E-state index in [9.17, 15) is 9.18 Å². The van der Waals surface area contributed by atoms with Crippen molar-refractivity contribution in [2.45, 2.75) is 0 Å². The summed E-state index contributed by atoms with van der Waals surface area (Å²) < 4.78 is 13.2. The van der Waals surface area contributed by atoms with Gasteiger partial charge >= 0.3 is 5.97 Å². The van der Waals surface area contributed by atoms with E-state index in [1.807, 2.05) is 0 Å². The zero-order valence-corrected chi connectivity index (χ0v) is 9.65. The van der Waals surface area contributed by atoms with Crippen LogP contribution in [-0.4, -0.2) is 21.0 Å². The van der Waals surface area contributed by atoms with Crippen molar-refractivity contribution in [1.82, 2.24) is 9.97 Å². The third-order valence-electron chi connectivity index (χ3n) is 2.06. The fraction of sp³-hybridized carbons (Fsp3) is 0. The Kier molecular flexibility index (Phi) is 3.38. The van der Waals surface area contributed by atoms with Crippen molar-refractivity contribution in [1.29, 1.82) is 0 Å². The Morgan fingerprint density at radius 3 is 2.67 bits per heavy atom. The molecule has 2 aromatic rings. The minimum Gasteiger partial charge on any atom is -0.476 e. The first-order valence-electron chi connectivity index (χ1n) is 4.83. The lowest BCUT2D eigenvalue weighted by Gasteiger charge is -2.05. The number of aromatic carboxylic acids is 1. The van der Waals surface area contributed by atoms with Gasteiger partial charge in [0.1, 0.15) is 11.6 Å². The van der Waals surface area contributed by atoms with Crippen LogP contribution < -0.4 is 5.32 Å². The summed E-state index contributed by atoms with van der Waals surface area (Å²) in [5.41, 5.74) is 0.275. The van der Waals surface area contributed by atoms with Gasteiger partial charge in [-0.15, -0.1) is 0 Å². The number of benzene rings is 1. The summed E-state index contributed by atoms with van der Waals surface area (Å²) in [4.78, 5) is 18.1. The summed E-state index contributed by atoms with van der Waals surface area (Å²) in [6, 6.07) is 4.17. The first kappa shape index (κ1) is 12.3. The van der Waals surface area contributed by atoms with Gasteiger partial charge in [0.15, 0.2) is 5.69 Å². The van der Waals surface area contributed by atoms with Gasteiger partial charge in [0.25, 0.3) is 0 Å². The highest BCUT2D eigenvalue weighted by Gasteiger charge is 2.06. The minimum absolute atomic E-state index is 0.0212. The van der Waals surface area contributed by atoms with Crippen molar-refractivity contribution in [3.05, 3.63) is 47.1 Å². The number of halogens is 2. The number of hydrogen-bond donors (Lipinski definition) is 2. The molecule has 0 fully saturated rings. The van der Waals surface area contributed by atoms with Gasteiger partial charge < -0.3 is 10.4 Å². The standard InChI is InChI=1S/C11H7ClFN3O2/c12-7-2-1-6(3-8(7)13)16-10-5-14-9(4-15-10)11(17)18/h1-5H,(H,15,16)(H,17,18). The number of nitrogens with zero attached hydrogens (tertiary/aromatic N) is 2. The second-order valence-corrected chi connectivity index (χ2v) is 3.75. The second kappa shape index (κ2) is 4.97. The van der Waals surface area contributed by atoms with Crippen LogP contribution in [-0.2, 0) is 0 Å². The van der Waals surface area contributed by atoms with E-state index in [1.165, 1.54) is 18.3 Å². The van der Waals surface area contributed by atoms with Crippen molar-refractivity contribution in [2.24, 2.45) is 0 Å². The van der Waals surface area contributed by atoms with Crippen LogP contribution in [0, 0.1) is 5.82 Å². The normalized spacial score (nSPS) is 10.1. The maximum atomic E-state index is 13.2. The fourth-order valence-electron chi connectivity index (χ4n) is 1.22. The van der Waals surface area contributed by atoms with Gasteiger partial charge in [0.05, 0.1) is 17.4 Å². The molecule has 1 heterocycles. The van der Waals surface area contributed by atoms with E-state index in [1.54, 1.807) is 6.07 Å². The molecule has 0 aliphatic carbocycles. The lowest BCUT2D eigenvalue weighted by Crippen LogP contribution is -2.02. The van der Waals surface area contributed by atoms with Crippen molar-refractivity contribution in [3.8, 4) is 0 Å². The molecule has 0 amide bonds. The highest BCUT2D eigenvalue weighted by atomic mass is 35.5. The quantitative estimate of drug-likeness (QED) is 0.894. The van der Waals surface area contributed by atoms with Gasteiger partial charge in [-0.1, -0.05) is 11.6 Å². The maximum absolute atomic E-state index is 13.2. The Morgan fingerprint density at radius 2 is 2.11 bits per heavy atom. The van der Waals surface area contributed by atoms with E-state index in [0.29, 0.717) is 11.5 Å². The Morgan fingerprint density at radius 1 is 1.33 bits per heavy atom. The Bertz CT molecular complexity index is 589. The number of hydrogen-bond acceptors (Lipinski definition) is 4. The minimum atomic E-state index is -1.16. The summed E-state index contributed by atoms with van der Waals surface area (Å²) in [6.45, 7) is 0. The first-order valence-corrected chi connectivity index (χ1v) is 5.21. The molecule has 0 aliphatic rings. The number of anilines is 2. The summed E-state index contributed by atoms with van der Waals surface area (Å²) >= 11 is 5.54. The molecule has 0 atom stereocenters. The lowest BCUT2D eigenvalue weighted by atomic mass is 10.3. The molecular weight excluding hydrogens is 261 g/mol. The largest absolute Gasteiger partial charge is 0.476 e. The Balaban J connectivity index is 2.18. The van der Waals surface area contributed by atoms with Crippen molar-refractivity contribution in [2.75, 3.05) is 5.32 Å². The van der Waals surface area contributed by atoms with Crippen LogP contribution in [0.25, 0.3) is 0 Å². The third-order valence-corrected chi connectivity index (χ3v) is 2.37. The SMILES string of the molecule is O=C(O)c1cnc(Nc2ccc(Cl)c(F)c2)cn1. The summed E-state index contributed by atoms with van der Waals surface area (Å²) in [6.07, 6.45) is 2.35. The smallest absolute Gasteiger partial charge is 0.356 e. The van der Waals surface area contributed by atoms with Gasteiger partial charge in [-0.25, -0.2) is 19.2 Å². The highest BCUT2D eigenvalue weighted by molar-refractivity contribution is 6.30. The molecule has 2 N–H and O–H groups in total. The molecule has 0 saturated heterocycles. The predicted molar refractivity (Wildman–Crippen MR) is 63.7 cm³/mol. The predicted octanol–water partition coefficient (Wildman–Crippen LogP) is 2.71. The summed E-state index contributed by atoms with van der Waals surface area (Å²) in [5.74, 6) is -1.41. The zero-order valence-electron chi connectivity index (χ0n) is 8.89. The van der Waals surface area contributed by atoms with Crippen LogP contribution in [0.2, 0.25) is 5.02 Å². The monoisotopic (exact) mass is 267 g/mol. The average molecular weight is 268 g/mol. The number of aromatic nitrogens is 2. The Labute approximate surface area is 106 Å². The molecule has 7 heteroatoms. The van der Waals surface area contributed by atoms with Crippen molar-refractivity contribution < 1.29 is 14.3 Å². The molecule has 1 aromatic heterocycles. The van der Waals surface area contributed by atoms with E-state index in [2.05, 4.69) is 15.3 Å². The van der Waals surface area contributed by atoms with Crippen LogP contribution in [0.15, 0.2) is 30.6 Å². The molecular formula is C11H7ClFN3O2. The van der Waals surface area contributed by atoms with Gasteiger partial charge in [0, 0.05) is 5.69 Å². The molecule has 0 saturated carbocycles. The van der Waals surface area contributed by atoms with E-state index in [0.717, 1.165) is 6.20 Å². The van der Waals surface area contributed by atoms with Crippen LogP contribution >= 0.6 is 11.6 Å². The summed E-state index contributed by atoms with van der Waals surface area (Å²) in [7, 11) is 0. The third kappa shape index (κ3) is 2.72. The fourth-order valence-corrected chi connectivity index (χ4v) is 1.34. The molecule has 0 bridgehead atoms. The zero-order chi connectivity index (χ0) is 13.1. The molecule has 0 unspecified atom stereocenters. The average Bonchev–Trinajstić information content (AvgIpc) is 2.34. The number of carbonyl (C=O) groups is 1. The van der Waals surface area contributed by atoms with Gasteiger partial charge in [-0.3, -0.25) is 0 Å². The van der Waals surface area contributed by atoms with E-state index in [4.69, 9.17) is 16.7 Å². The molecule has 5 nitrogen and oxygen atoms in total. The van der Waals surface area contributed by atoms with Crippen LogP contribution in [0.5, 0.6) is 0 Å². The van der Waals surface area contributed by atoms with Crippen LogP contribution in [0.1, 0.15) is 10.5 Å².